The van der Waals surface area contributed by atoms with Crippen LogP contribution >= 0.6 is 11.3 Å². The summed E-state index contributed by atoms with van der Waals surface area (Å²) in [5.74, 6) is 0.115. The Bertz CT molecular complexity index is 1170. The van der Waals surface area contributed by atoms with Gasteiger partial charge in [0, 0.05) is 17.1 Å². The van der Waals surface area contributed by atoms with Crippen molar-refractivity contribution < 1.29 is 22.7 Å². The SMILES string of the molecule is O=C(Nc1ccccc1OCc1cscn1)c1ccc(-n2ccc(C(F)(F)F)n2)cc1. The quantitative estimate of drug-likeness (QED) is 0.445. The number of nitrogens with one attached hydrogen (secondary N) is 1. The summed E-state index contributed by atoms with van der Waals surface area (Å²) >= 11 is 1.47. The number of aromatic nitrogens is 3. The fraction of sp³-hybridized carbons (Fsp3) is 0.0952. The van der Waals surface area contributed by atoms with Gasteiger partial charge in [0.2, 0.25) is 0 Å². The van der Waals surface area contributed by atoms with Crippen molar-refractivity contribution >= 4 is 22.9 Å². The Balaban J connectivity index is 1.45. The fourth-order valence-corrected chi connectivity index (χ4v) is 3.28. The monoisotopic (exact) mass is 444 g/mol. The first-order valence-corrected chi connectivity index (χ1v) is 9.98. The summed E-state index contributed by atoms with van der Waals surface area (Å²) in [6.45, 7) is 0.273. The number of carbonyl (C=O) groups excluding carboxylic acids is 1. The maximum Gasteiger partial charge on any atom is 0.435 e. The van der Waals surface area contributed by atoms with Crippen LogP contribution in [0, 0.1) is 0 Å². The van der Waals surface area contributed by atoms with Crippen molar-refractivity contribution in [1.29, 1.82) is 0 Å². The lowest BCUT2D eigenvalue weighted by Gasteiger charge is -2.12. The van der Waals surface area contributed by atoms with E-state index in [0.717, 1.165) is 16.4 Å². The first-order valence-electron chi connectivity index (χ1n) is 9.04. The number of anilines is 1. The molecule has 6 nitrogen and oxygen atoms in total. The van der Waals surface area contributed by atoms with Crippen molar-refractivity contribution in [1.82, 2.24) is 14.8 Å². The molecule has 1 N–H and O–H groups in total. The van der Waals surface area contributed by atoms with Crippen LogP contribution in [0.15, 0.2) is 71.7 Å². The standard InChI is InChI=1S/C21H15F3N4O2S/c22-21(23,24)19-9-10-28(27-19)16-7-5-14(6-8-16)20(29)26-17-3-1-2-4-18(17)30-11-15-12-31-13-25-15/h1-10,12-13H,11H2,(H,26,29). The van der Waals surface area contributed by atoms with E-state index in [1.165, 1.54) is 41.8 Å². The zero-order valence-electron chi connectivity index (χ0n) is 15.8. The first-order chi connectivity index (χ1) is 14.9. The second-order valence-electron chi connectivity index (χ2n) is 6.41. The molecule has 0 atom stereocenters. The number of hydrogen-bond acceptors (Lipinski definition) is 5. The number of hydrogen-bond donors (Lipinski definition) is 1. The third-order valence-electron chi connectivity index (χ3n) is 4.27. The average Bonchev–Trinajstić information content (AvgIpc) is 3.45. The largest absolute Gasteiger partial charge is 0.485 e. The van der Waals surface area contributed by atoms with E-state index in [4.69, 9.17) is 4.74 Å². The van der Waals surface area contributed by atoms with Gasteiger partial charge in [-0.05, 0) is 42.5 Å². The fourth-order valence-electron chi connectivity index (χ4n) is 2.74. The van der Waals surface area contributed by atoms with Gasteiger partial charge in [-0.15, -0.1) is 11.3 Å². The number of para-hydroxylation sites is 2. The van der Waals surface area contributed by atoms with Gasteiger partial charge < -0.3 is 10.1 Å². The minimum atomic E-state index is -4.51. The molecule has 0 unspecified atom stereocenters. The molecule has 0 aliphatic carbocycles. The van der Waals surface area contributed by atoms with Gasteiger partial charge in [0.05, 0.1) is 22.6 Å². The zero-order chi connectivity index (χ0) is 21.8. The summed E-state index contributed by atoms with van der Waals surface area (Å²) in [4.78, 5) is 16.8. The molecule has 0 saturated heterocycles. The van der Waals surface area contributed by atoms with E-state index in [1.54, 1.807) is 29.8 Å². The van der Waals surface area contributed by atoms with Gasteiger partial charge in [-0.2, -0.15) is 18.3 Å². The van der Waals surface area contributed by atoms with Crippen LogP contribution in [0.3, 0.4) is 0 Å². The van der Waals surface area contributed by atoms with Crippen molar-refractivity contribution in [2.24, 2.45) is 0 Å². The number of amides is 1. The van der Waals surface area contributed by atoms with Gasteiger partial charge in [0.1, 0.15) is 12.4 Å². The number of thiazole rings is 1. The highest BCUT2D eigenvalue weighted by molar-refractivity contribution is 7.07. The third-order valence-corrected chi connectivity index (χ3v) is 4.90. The van der Waals surface area contributed by atoms with Gasteiger partial charge in [-0.1, -0.05) is 12.1 Å². The van der Waals surface area contributed by atoms with Gasteiger partial charge in [0.15, 0.2) is 5.69 Å². The summed E-state index contributed by atoms with van der Waals surface area (Å²) in [7, 11) is 0. The molecule has 158 valence electrons. The van der Waals surface area contributed by atoms with Crippen LogP contribution in [-0.2, 0) is 12.8 Å². The lowest BCUT2D eigenvalue weighted by atomic mass is 10.2. The lowest BCUT2D eigenvalue weighted by Crippen LogP contribution is -2.13. The molecule has 0 radical (unpaired) electrons. The van der Waals surface area contributed by atoms with Gasteiger partial charge >= 0.3 is 6.18 Å². The van der Waals surface area contributed by atoms with Crippen LogP contribution in [0.5, 0.6) is 5.75 Å². The Kier molecular flexibility index (Phi) is 5.72. The maximum absolute atomic E-state index is 12.7. The van der Waals surface area contributed by atoms with Gasteiger partial charge in [0.25, 0.3) is 5.91 Å². The second kappa shape index (κ2) is 8.60. The zero-order valence-corrected chi connectivity index (χ0v) is 16.7. The van der Waals surface area contributed by atoms with Crippen LogP contribution in [0.4, 0.5) is 18.9 Å². The average molecular weight is 444 g/mol. The summed E-state index contributed by atoms with van der Waals surface area (Å²) in [6, 6.07) is 14.0. The molecule has 0 fully saturated rings. The summed E-state index contributed by atoms with van der Waals surface area (Å²) in [6.07, 6.45) is -3.30. The van der Waals surface area contributed by atoms with Crippen molar-refractivity contribution in [3.8, 4) is 11.4 Å². The topological polar surface area (TPSA) is 69.0 Å². The molecular weight excluding hydrogens is 429 g/mol. The smallest absolute Gasteiger partial charge is 0.435 e. The minimum Gasteiger partial charge on any atom is -0.485 e. The predicted molar refractivity (Wildman–Crippen MR) is 109 cm³/mol. The Labute approximate surface area is 178 Å². The molecule has 0 aliphatic rings. The minimum absolute atomic E-state index is 0.273. The first kappa shape index (κ1) is 20.6. The van der Waals surface area contributed by atoms with Crippen LogP contribution in [0.25, 0.3) is 5.69 Å². The number of carbonyl (C=O) groups is 1. The number of alkyl halides is 3. The second-order valence-corrected chi connectivity index (χ2v) is 7.13. The van der Waals surface area contributed by atoms with E-state index in [0.29, 0.717) is 22.7 Å². The number of halogens is 3. The van der Waals surface area contributed by atoms with Crippen LogP contribution < -0.4 is 10.1 Å². The molecular formula is C21H15F3N4O2S. The lowest BCUT2D eigenvalue weighted by molar-refractivity contribution is -0.141. The van der Waals surface area contributed by atoms with E-state index >= 15 is 0 Å². The molecule has 4 rings (SSSR count). The summed E-state index contributed by atoms with van der Waals surface area (Å²) in [5, 5.41) is 8.18. The van der Waals surface area contributed by atoms with Crippen molar-refractivity contribution in [2.75, 3.05) is 5.32 Å². The Morgan fingerprint density at radius 1 is 1.10 bits per heavy atom. The van der Waals surface area contributed by atoms with Crippen LogP contribution in [-0.4, -0.2) is 20.7 Å². The number of ether oxygens (including phenoxy) is 1. The van der Waals surface area contributed by atoms with Crippen LogP contribution in [0.1, 0.15) is 21.7 Å². The molecule has 0 bridgehead atoms. The Morgan fingerprint density at radius 3 is 2.55 bits per heavy atom. The number of nitrogens with zero attached hydrogens (tertiary/aromatic N) is 3. The van der Waals surface area contributed by atoms with Gasteiger partial charge in [-0.3, -0.25) is 4.79 Å². The summed E-state index contributed by atoms with van der Waals surface area (Å²) in [5.41, 5.74) is 2.75. The molecule has 2 heterocycles. The van der Waals surface area contributed by atoms with E-state index in [1.807, 2.05) is 5.38 Å². The van der Waals surface area contributed by atoms with Crippen molar-refractivity contribution in [3.63, 3.8) is 0 Å². The molecule has 4 aromatic rings. The third kappa shape index (κ3) is 4.92. The van der Waals surface area contributed by atoms with Gasteiger partial charge in [-0.25, -0.2) is 9.67 Å². The highest BCUT2D eigenvalue weighted by Gasteiger charge is 2.33. The number of benzene rings is 2. The van der Waals surface area contributed by atoms with E-state index in [-0.39, 0.29) is 12.5 Å². The van der Waals surface area contributed by atoms with E-state index in [9.17, 15) is 18.0 Å². The molecule has 2 aromatic heterocycles. The summed E-state index contributed by atoms with van der Waals surface area (Å²) < 4.78 is 45.0. The normalized spacial score (nSPS) is 11.3. The molecule has 0 saturated carbocycles. The molecule has 10 heteroatoms. The molecule has 0 spiro atoms. The van der Waals surface area contributed by atoms with Crippen molar-refractivity contribution in [3.05, 3.63) is 88.6 Å². The van der Waals surface area contributed by atoms with E-state index in [2.05, 4.69) is 15.4 Å². The number of rotatable bonds is 6. The van der Waals surface area contributed by atoms with Crippen LogP contribution in [0.2, 0.25) is 0 Å². The Hall–Kier alpha value is -3.66. The highest BCUT2D eigenvalue weighted by atomic mass is 32.1. The van der Waals surface area contributed by atoms with E-state index < -0.39 is 11.9 Å². The maximum atomic E-state index is 12.7. The Morgan fingerprint density at radius 2 is 1.87 bits per heavy atom. The highest BCUT2D eigenvalue weighted by Crippen LogP contribution is 2.28. The predicted octanol–water partition coefficient (Wildman–Crippen LogP) is 5.18. The van der Waals surface area contributed by atoms with Crippen molar-refractivity contribution in [2.45, 2.75) is 12.8 Å². The molecule has 2 aromatic carbocycles. The molecule has 1 amide bonds. The molecule has 0 aliphatic heterocycles. The molecule has 31 heavy (non-hydrogen) atoms.